The molecule has 5 nitrogen and oxygen atoms in total. The largest absolute Gasteiger partial charge is 0.497 e. The summed E-state index contributed by atoms with van der Waals surface area (Å²) >= 11 is 3.24. The average molecular weight is 380 g/mol. The zero-order valence-electron chi connectivity index (χ0n) is 13.0. The van der Waals surface area contributed by atoms with Gasteiger partial charge in [0, 0.05) is 18.2 Å². The van der Waals surface area contributed by atoms with Gasteiger partial charge in [0.05, 0.1) is 20.3 Å². The van der Waals surface area contributed by atoms with Crippen molar-refractivity contribution in [2.75, 3.05) is 20.8 Å². The molecule has 0 aliphatic carbocycles. The summed E-state index contributed by atoms with van der Waals surface area (Å²) in [5.74, 6) is 1.71. The Morgan fingerprint density at radius 3 is 2.74 bits per heavy atom. The number of carbonyl (C=O) groups is 1. The van der Waals surface area contributed by atoms with Crippen LogP contribution in [-0.2, 0) is 0 Å². The van der Waals surface area contributed by atoms with E-state index in [1.54, 1.807) is 26.4 Å². The number of rotatable bonds is 4. The summed E-state index contributed by atoms with van der Waals surface area (Å²) in [6.07, 6.45) is 1.85. The zero-order chi connectivity index (χ0) is 16.4. The number of hydrogen-bond acceptors (Lipinski definition) is 4. The lowest BCUT2D eigenvalue weighted by molar-refractivity contribution is 0.0700. The molecule has 3 rings (SSSR count). The Balaban J connectivity index is 1.91. The van der Waals surface area contributed by atoms with Crippen molar-refractivity contribution < 1.29 is 18.7 Å². The number of benzene rings is 1. The molecular weight excluding hydrogens is 362 g/mol. The molecule has 0 spiro atoms. The number of halogens is 1. The van der Waals surface area contributed by atoms with Gasteiger partial charge in [0.15, 0.2) is 10.4 Å². The summed E-state index contributed by atoms with van der Waals surface area (Å²) in [7, 11) is 3.25. The third kappa shape index (κ3) is 3.08. The van der Waals surface area contributed by atoms with Gasteiger partial charge < -0.3 is 18.8 Å². The summed E-state index contributed by atoms with van der Waals surface area (Å²) in [5.41, 5.74) is 0.991. The Morgan fingerprint density at radius 1 is 1.26 bits per heavy atom. The van der Waals surface area contributed by atoms with Gasteiger partial charge in [0.2, 0.25) is 0 Å². The van der Waals surface area contributed by atoms with Crippen LogP contribution in [0.25, 0.3) is 0 Å². The molecule has 1 atom stereocenters. The first kappa shape index (κ1) is 15.9. The highest BCUT2D eigenvalue weighted by Gasteiger charge is 2.33. The number of likely N-dealkylation sites (tertiary alicyclic amines) is 1. The van der Waals surface area contributed by atoms with Crippen molar-refractivity contribution in [2.24, 2.45) is 0 Å². The van der Waals surface area contributed by atoms with Crippen molar-refractivity contribution in [3.63, 3.8) is 0 Å². The Kier molecular flexibility index (Phi) is 4.61. The van der Waals surface area contributed by atoms with E-state index < -0.39 is 0 Å². The summed E-state index contributed by atoms with van der Waals surface area (Å²) in [6.45, 7) is 0.705. The average Bonchev–Trinajstić information content (AvgIpc) is 3.22. The molecule has 1 aliphatic heterocycles. The fourth-order valence-corrected chi connectivity index (χ4v) is 3.30. The fraction of sp³-hybridized carbons (Fsp3) is 0.353. The molecule has 1 aliphatic rings. The second-order valence-electron chi connectivity index (χ2n) is 5.37. The molecule has 122 valence electrons. The van der Waals surface area contributed by atoms with E-state index in [1.807, 2.05) is 23.1 Å². The van der Waals surface area contributed by atoms with Crippen molar-refractivity contribution in [3.8, 4) is 11.5 Å². The topological polar surface area (TPSA) is 51.9 Å². The van der Waals surface area contributed by atoms with Crippen LogP contribution in [-0.4, -0.2) is 31.6 Å². The van der Waals surface area contributed by atoms with Crippen molar-refractivity contribution in [2.45, 2.75) is 18.9 Å². The van der Waals surface area contributed by atoms with Gasteiger partial charge in [-0.05, 0) is 53.0 Å². The number of furan rings is 1. The minimum atomic E-state index is -0.101. The number of carbonyl (C=O) groups excluding carboxylic acids is 1. The van der Waals surface area contributed by atoms with Gasteiger partial charge in [-0.25, -0.2) is 0 Å². The van der Waals surface area contributed by atoms with Gasteiger partial charge in [-0.1, -0.05) is 0 Å². The summed E-state index contributed by atoms with van der Waals surface area (Å²) in [6, 6.07) is 9.10. The maximum Gasteiger partial charge on any atom is 0.290 e. The van der Waals surface area contributed by atoms with Crippen molar-refractivity contribution >= 4 is 21.8 Å². The molecule has 1 unspecified atom stereocenters. The van der Waals surface area contributed by atoms with E-state index in [0.717, 1.165) is 29.9 Å². The molecule has 0 saturated carbocycles. The van der Waals surface area contributed by atoms with E-state index in [-0.39, 0.29) is 11.9 Å². The lowest BCUT2D eigenvalue weighted by atomic mass is 10.0. The summed E-state index contributed by atoms with van der Waals surface area (Å²) in [4.78, 5) is 14.6. The first-order valence-corrected chi connectivity index (χ1v) is 8.21. The third-order valence-electron chi connectivity index (χ3n) is 4.10. The van der Waals surface area contributed by atoms with E-state index in [1.165, 1.54) is 0 Å². The SMILES string of the molecule is COc1ccc(C2CCCN2C(=O)c2ccc(Br)o2)c(OC)c1. The zero-order valence-corrected chi connectivity index (χ0v) is 14.6. The molecule has 6 heteroatoms. The molecule has 1 saturated heterocycles. The Labute approximate surface area is 143 Å². The van der Waals surface area contributed by atoms with Crippen LogP contribution in [0.4, 0.5) is 0 Å². The Bertz CT molecular complexity index is 712. The quantitative estimate of drug-likeness (QED) is 0.804. The molecule has 2 aromatic rings. The highest BCUT2D eigenvalue weighted by atomic mass is 79.9. The van der Waals surface area contributed by atoms with Gasteiger partial charge in [-0.15, -0.1) is 0 Å². The standard InChI is InChI=1S/C17H18BrNO4/c1-21-11-5-6-12(15(10-11)22-2)13-4-3-9-19(13)17(20)14-7-8-16(18)23-14/h5-8,10,13H,3-4,9H2,1-2H3. The van der Waals surface area contributed by atoms with Crippen molar-refractivity contribution in [3.05, 3.63) is 46.3 Å². The van der Waals surface area contributed by atoms with Gasteiger partial charge in [-0.2, -0.15) is 0 Å². The van der Waals surface area contributed by atoms with Crippen LogP contribution in [0.3, 0.4) is 0 Å². The van der Waals surface area contributed by atoms with E-state index in [9.17, 15) is 4.79 Å². The molecule has 2 heterocycles. The van der Waals surface area contributed by atoms with Gasteiger partial charge >= 0.3 is 0 Å². The number of hydrogen-bond donors (Lipinski definition) is 0. The van der Waals surface area contributed by atoms with Crippen LogP contribution in [0.15, 0.2) is 39.4 Å². The number of ether oxygens (including phenoxy) is 2. The van der Waals surface area contributed by atoms with E-state index in [0.29, 0.717) is 17.0 Å². The molecule has 1 fully saturated rings. The number of amides is 1. The highest BCUT2D eigenvalue weighted by molar-refractivity contribution is 9.10. The molecule has 1 aromatic heterocycles. The van der Waals surface area contributed by atoms with Crippen LogP contribution in [0.2, 0.25) is 0 Å². The van der Waals surface area contributed by atoms with Crippen molar-refractivity contribution in [1.82, 2.24) is 4.90 Å². The minimum absolute atomic E-state index is 0.0211. The van der Waals surface area contributed by atoms with E-state index in [2.05, 4.69) is 15.9 Å². The second-order valence-corrected chi connectivity index (χ2v) is 6.15. The molecular formula is C17H18BrNO4. The minimum Gasteiger partial charge on any atom is -0.497 e. The molecule has 0 bridgehead atoms. The van der Waals surface area contributed by atoms with Crippen LogP contribution in [0.1, 0.15) is 35.0 Å². The summed E-state index contributed by atoms with van der Waals surface area (Å²) in [5, 5.41) is 0. The Hall–Kier alpha value is -1.95. The molecule has 23 heavy (non-hydrogen) atoms. The van der Waals surface area contributed by atoms with Gasteiger partial charge in [-0.3, -0.25) is 4.79 Å². The first-order valence-electron chi connectivity index (χ1n) is 7.42. The maximum atomic E-state index is 12.7. The smallest absolute Gasteiger partial charge is 0.290 e. The maximum absolute atomic E-state index is 12.7. The molecule has 1 amide bonds. The molecule has 1 aromatic carbocycles. The van der Waals surface area contributed by atoms with Gasteiger partial charge in [0.1, 0.15) is 11.5 Å². The number of nitrogens with zero attached hydrogens (tertiary/aromatic N) is 1. The van der Waals surface area contributed by atoms with Crippen LogP contribution in [0.5, 0.6) is 11.5 Å². The lowest BCUT2D eigenvalue weighted by Gasteiger charge is -2.25. The van der Waals surface area contributed by atoms with E-state index in [4.69, 9.17) is 13.9 Å². The fourth-order valence-electron chi connectivity index (χ4n) is 3.00. The highest BCUT2D eigenvalue weighted by Crippen LogP contribution is 2.39. The molecule has 0 radical (unpaired) electrons. The van der Waals surface area contributed by atoms with Crippen LogP contribution < -0.4 is 9.47 Å². The predicted octanol–water partition coefficient (Wildman–Crippen LogP) is 4.04. The van der Waals surface area contributed by atoms with E-state index >= 15 is 0 Å². The normalized spacial score (nSPS) is 17.3. The van der Waals surface area contributed by atoms with Crippen LogP contribution >= 0.6 is 15.9 Å². The first-order chi connectivity index (χ1) is 11.1. The summed E-state index contributed by atoms with van der Waals surface area (Å²) < 4.78 is 16.7. The third-order valence-corrected chi connectivity index (χ3v) is 4.52. The van der Waals surface area contributed by atoms with Crippen molar-refractivity contribution in [1.29, 1.82) is 0 Å². The lowest BCUT2D eigenvalue weighted by Crippen LogP contribution is -2.30. The van der Waals surface area contributed by atoms with Crippen LogP contribution in [0, 0.1) is 0 Å². The monoisotopic (exact) mass is 379 g/mol. The second kappa shape index (κ2) is 6.66. The number of methoxy groups -OCH3 is 2. The predicted molar refractivity (Wildman–Crippen MR) is 89.0 cm³/mol. The molecule has 0 N–H and O–H groups in total. The van der Waals surface area contributed by atoms with Gasteiger partial charge in [0.25, 0.3) is 5.91 Å². The Morgan fingerprint density at radius 2 is 2.09 bits per heavy atom.